The minimum absolute atomic E-state index is 0.104. The summed E-state index contributed by atoms with van der Waals surface area (Å²) < 4.78 is 0. The molecule has 2 fully saturated rings. The van der Waals surface area contributed by atoms with E-state index in [2.05, 4.69) is 21.3 Å². The standard InChI is InChI=1S/C24H39N7O8/c1-13(2)20(25)22(36)28-10-17(32)26-12-19(34)30-8-5-7-16(30)23(37)31-9-4-6-15(31)21(35)27-11-18(33)29-14(3)24(38)39/h13-16,20H,4-12,25H2,1-3H3,(H,26,32)(H,27,35)(H,28,36)(H,29,33)(H,38,39)/t14-,15-,16-,20-/m0/s1. The summed E-state index contributed by atoms with van der Waals surface area (Å²) in [5.41, 5.74) is 5.73. The summed E-state index contributed by atoms with van der Waals surface area (Å²) in [5, 5.41) is 18.4. The van der Waals surface area contributed by atoms with Gasteiger partial charge in [0.2, 0.25) is 35.4 Å². The number of carboxylic acid groups (broad SMARTS) is 1. The topological polar surface area (TPSA) is 220 Å². The molecule has 0 aromatic carbocycles. The molecule has 2 saturated heterocycles. The highest BCUT2D eigenvalue weighted by Crippen LogP contribution is 2.25. The van der Waals surface area contributed by atoms with Crippen LogP contribution in [0.5, 0.6) is 0 Å². The van der Waals surface area contributed by atoms with E-state index in [0.717, 1.165) is 0 Å². The van der Waals surface area contributed by atoms with Crippen molar-refractivity contribution in [3.63, 3.8) is 0 Å². The molecule has 4 atom stereocenters. The van der Waals surface area contributed by atoms with Gasteiger partial charge in [-0.3, -0.25) is 33.6 Å². The lowest BCUT2D eigenvalue weighted by Crippen LogP contribution is -2.55. The predicted octanol–water partition coefficient (Wildman–Crippen LogP) is -3.11. The molecular weight excluding hydrogens is 514 g/mol. The number of aliphatic carboxylic acids is 1. The Hall–Kier alpha value is -3.75. The van der Waals surface area contributed by atoms with Gasteiger partial charge in [-0.2, -0.15) is 0 Å². The molecule has 2 aliphatic rings. The Labute approximate surface area is 226 Å². The molecule has 0 aromatic rings. The largest absolute Gasteiger partial charge is 0.480 e. The van der Waals surface area contributed by atoms with Gasteiger partial charge in [0.05, 0.1) is 25.7 Å². The number of nitrogens with zero attached hydrogens (tertiary/aromatic N) is 2. The fourth-order valence-electron chi connectivity index (χ4n) is 4.38. The molecule has 7 N–H and O–H groups in total. The molecular formula is C24H39N7O8. The summed E-state index contributed by atoms with van der Waals surface area (Å²) in [6, 6.07) is -3.48. The second-order valence-corrected chi connectivity index (χ2v) is 10.0. The number of carbonyl (C=O) groups is 7. The first-order valence-electron chi connectivity index (χ1n) is 13.0. The molecule has 0 aromatic heterocycles. The van der Waals surface area contributed by atoms with E-state index in [9.17, 15) is 33.6 Å². The van der Waals surface area contributed by atoms with Crippen molar-refractivity contribution in [2.75, 3.05) is 32.7 Å². The van der Waals surface area contributed by atoms with Crippen LogP contribution in [0.25, 0.3) is 0 Å². The average molecular weight is 554 g/mol. The van der Waals surface area contributed by atoms with Crippen LogP contribution in [0.2, 0.25) is 0 Å². The molecule has 15 nitrogen and oxygen atoms in total. The summed E-state index contributed by atoms with van der Waals surface area (Å²) in [4.78, 5) is 88.4. The highest BCUT2D eigenvalue weighted by atomic mass is 16.4. The molecule has 218 valence electrons. The van der Waals surface area contributed by atoms with Crippen molar-refractivity contribution in [1.82, 2.24) is 31.1 Å². The molecule has 0 spiro atoms. The SMILES string of the molecule is CC(C)[C@H](N)C(=O)NCC(=O)NCC(=O)N1CCC[C@H]1C(=O)N1CCC[C@H]1C(=O)NCC(=O)N[C@@H](C)C(=O)O. The maximum atomic E-state index is 13.3. The minimum Gasteiger partial charge on any atom is -0.480 e. The number of amides is 6. The summed E-state index contributed by atoms with van der Waals surface area (Å²) in [6.07, 6.45) is 1.93. The molecule has 0 bridgehead atoms. The van der Waals surface area contributed by atoms with Gasteiger partial charge in [-0.15, -0.1) is 0 Å². The molecule has 39 heavy (non-hydrogen) atoms. The van der Waals surface area contributed by atoms with E-state index >= 15 is 0 Å². The van der Waals surface area contributed by atoms with Crippen LogP contribution in [0.15, 0.2) is 0 Å². The van der Waals surface area contributed by atoms with Crippen LogP contribution >= 0.6 is 0 Å². The van der Waals surface area contributed by atoms with E-state index in [1.54, 1.807) is 13.8 Å². The van der Waals surface area contributed by atoms with Crippen molar-refractivity contribution in [3.05, 3.63) is 0 Å². The number of carbonyl (C=O) groups excluding carboxylic acids is 6. The van der Waals surface area contributed by atoms with Gasteiger partial charge in [-0.1, -0.05) is 13.8 Å². The first kappa shape index (κ1) is 31.5. The lowest BCUT2D eigenvalue weighted by molar-refractivity contribution is -0.146. The number of nitrogens with two attached hydrogens (primary N) is 1. The summed E-state index contributed by atoms with van der Waals surface area (Å²) in [6.45, 7) is 4.34. The van der Waals surface area contributed by atoms with E-state index in [1.165, 1.54) is 16.7 Å². The molecule has 0 unspecified atom stereocenters. The third-order valence-corrected chi connectivity index (χ3v) is 6.75. The second-order valence-electron chi connectivity index (χ2n) is 10.0. The van der Waals surface area contributed by atoms with Gasteiger partial charge >= 0.3 is 5.97 Å². The molecule has 0 aliphatic carbocycles. The fourth-order valence-corrected chi connectivity index (χ4v) is 4.38. The van der Waals surface area contributed by atoms with Gasteiger partial charge < -0.3 is 41.9 Å². The Morgan fingerprint density at radius 3 is 2.03 bits per heavy atom. The zero-order valence-electron chi connectivity index (χ0n) is 22.5. The van der Waals surface area contributed by atoms with Crippen molar-refractivity contribution in [2.24, 2.45) is 11.7 Å². The summed E-state index contributed by atoms with van der Waals surface area (Å²) >= 11 is 0. The summed E-state index contributed by atoms with van der Waals surface area (Å²) in [7, 11) is 0. The molecule has 15 heteroatoms. The van der Waals surface area contributed by atoms with E-state index in [4.69, 9.17) is 10.8 Å². The molecule has 0 radical (unpaired) electrons. The number of likely N-dealkylation sites (tertiary alicyclic amines) is 2. The lowest BCUT2D eigenvalue weighted by Gasteiger charge is -2.31. The molecule has 2 rings (SSSR count). The quantitative estimate of drug-likeness (QED) is 0.144. The number of hydrogen-bond donors (Lipinski definition) is 6. The van der Waals surface area contributed by atoms with Crippen LogP contribution < -0.4 is 27.0 Å². The van der Waals surface area contributed by atoms with Crippen molar-refractivity contribution >= 4 is 41.4 Å². The van der Waals surface area contributed by atoms with E-state index in [0.29, 0.717) is 38.8 Å². The monoisotopic (exact) mass is 553 g/mol. The van der Waals surface area contributed by atoms with Crippen molar-refractivity contribution in [2.45, 2.75) is 70.6 Å². The highest BCUT2D eigenvalue weighted by Gasteiger charge is 2.42. The Kier molecular flexibility index (Phi) is 11.6. The summed E-state index contributed by atoms with van der Waals surface area (Å²) in [5.74, 6) is -4.43. The smallest absolute Gasteiger partial charge is 0.325 e. The van der Waals surface area contributed by atoms with Crippen molar-refractivity contribution < 1.29 is 38.7 Å². The average Bonchev–Trinajstić information content (AvgIpc) is 3.58. The van der Waals surface area contributed by atoms with Crippen molar-refractivity contribution in [1.29, 1.82) is 0 Å². The van der Waals surface area contributed by atoms with Crippen molar-refractivity contribution in [3.8, 4) is 0 Å². The third-order valence-electron chi connectivity index (χ3n) is 6.75. The highest BCUT2D eigenvalue weighted by molar-refractivity contribution is 5.95. The van der Waals surface area contributed by atoms with Crippen LogP contribution in [-0.2, 0) is 33.6 Å². The Morgan fingerprint density at radius 1 is 0.821 bits per heavy atom. The van der Waals surface area contributed by atoms with Crippen LogP contribution in [-0.4, -0.2) is 113 Å². The van der Waals surface area contributed by atoms with Gasteiger partial charge in [0.25, 0.3) is 0 Å². The zero-order valence-corrected chi connectivity index (χ0v) is 22.5. The Balaban J connectivity index is 1.87. The van der Waals surface area contributed by atoms with Crippen LogP contribution in [0.4, 0.5) is 0 Å². The molecule has 2 heterocycles. The van der Waals surface area contributed by atoms with Gasteiger partial charge in [0.1, 0.15) is 18.1 Å². The van der Waals surface area contributed by atoms with Gasteiger partial charge in [-0.05, 0) is 38.5 Å². The van der Waals surface area contributed by atoms with Crippen LogP contribution in [0.3, 0.4) is 0 Å². The Morgan fingerprint density at radius 2 is 1.41 bits per heavy atom. The molecule has 6 amide bonds. The minimum atomic E-state index is -1.21. The van der Waals surface area contributed by atoms with E-state index in [-0.39, 0.29) is 24.9 Å². The molecule has 0 saturated carbocycles. The maximum absolute atomic E-state index is 13.3. The zero-order chi connectivity index (χ0) is 29.3. The number of rotatable bonds is 12. The van der Waals surface area contributed by atoms with Crippen LogP contribution in [0.1, 0.15) is 46.5 Å². The number of hydrogen-bond acceptors (Lipinski definition) is 8. The fraction of sp³-hybridized carbons (Fsp3) is 0.708. The van der Waals surface area contributed by atoms with Gasteiger partial charge in [-0.25, -0.2) is 0 Å². The number of nitrogens with one attached hydrogen (secondary N) is 4. The first-order valence-corrected chi connectivity index (χ1v) is 13.0. The lowest BCUT2D eigenvalue weighted by atomic mass is 10.1. The number of carboxylic acids is 1. The molecule has 2 aliphatic heterocycles. The van der Waals surface area contributed by atoms with E-state index in [1.807, 2.05) is 0 Å². The normalized spacial score (nSPS) is 20.2. The van der Waals surface area contributed by atoms with Crippen LogP contribution in [0, 0.1) is 5.92 Å². The Bertz CT molecular complexity index is 972. The first-order chi connectivity index (χ1) is 18.3. The van der Waals surface area contributed by atoms with Gasteiger partial charge in [0.15, 0.2) is 0 Å². The maximum Gasteiger partial charge on any atom is 0.325 e. The predicted molar refractivity (Wildman–Crippen MR) is 137 cm³/mol. The second kappa shape index (κ2) is 14.4. The third kappa shape index (κ3) is 8.90. The van der Waals surface area contributed by atoms with Gasteiger partial charge in [0, 0.05) is 13.1 Å². The van der Waals surface area contributed by atoms with E-state index < -0.39 is 66.2 Å².